The van der Waals surface area contributed by atoms with Gasteiger partial charge in [0, 0.05) is 37.1 Å². The van der Waals surface area contributed by atoms with E-state index in [4.69, 9.17) is 9.40 Å². The zero-order valence-electron chi connectivity index (χ0n) is 20.3. The van der Waals surface area contributed by atoms with Gasteiger partial charge >= 0.3 is 0 Å². The number of rotatable bonds is 8. The summed E-state index contributed by atoms with van der Waals surface area (Å²) in [5, 5.41) is 10.5. The van der Waals surface area contributed by atoms with Crippen LogP contribution in [-0.4, -0.2) is 47.8 Å². The number of furan rings is 1. The predicted molar refractivity (Wildman–Crippen MR) is 142 cm³/mol. The van der Waals surface area contributed by atoms with E-state index in [1.54, 1.807) is 30.5 Å². The summed E-state index contributed by atoms with van der Waals surface area (Å²) in [6.45, 7) is 0.246. The molecular formula is C29H30N2O5S. The van der Waals surface area contributed by atoms with Crippen LogP contribution in [-0.2, 0) is 26.7 Å². The van der Waals surface area contributed by atoms with Crippen LogP contribution in [0.4, 0.5) is 0 Å². The van der Waals surface area contributed by atoms with Crippen molar-refractivity contribution in [3.63, 3.8) is 0 Å². The van der Waals surface area contributed by atoms with E-state index in [2.05, 4.69) is 0 Å². The highest BCUT2D eigenvalue weighted by atomic mass is 32.2. The van der Waals surface area contributed by atoms with Gasteiger partial charge in [0.2, 0.25) is 10.0 Å². The van der Waals surface area contributed by atoms with E-state index >= 15 is 0 Å². The van der Waals surface area contributed by atoms with E-state index in [9.17, 15) is 18.3 Å². The molecule has 4 aromatic rings. The number of carbonyl (C=O) groups is 1. The minimum Gasteiger partial charge on any atom is -0.464 e. The molecular weight excluding hydrogens is 488 g/mol. The lowest BCUT2D eigenvalue weighted by Crippen LogP contribution is -2.37. The molecule has 2 fully saturated rings. The number of carbonyl (C=O) groups excluding carboxylic acids is 1. The van der Waals surface area contributed by atoms with Gasteiger partial charge in [-0.15, -0.1) is 0 Å². The van der Waals surface area contributed by atoms with Crippen molar-refractivity contribution in [1.82, 2.24) is 9.29 Å². The molecule has 0 spiro atoms. The van der Waals surface area contributed by atoms with Gasteiger partial charge in [-0.3, -0.25) is 9.78 Å². The Balaban J connectivity index is 0.00000294. The third kappa shape index (κ3) is 4.29. The van der Waals surface area contributed by atoms with Gasteiger partial charge < -0.3 is 9.52 Å². The first-order chi connectivity index (χ1) is 17.9. The summed E-state index contributed by atoms with van der Waals surface area (Å²) in [6.07, 6.45) is 4.98. The number of aromatic nitrogens is 1. The summed E-state index contributed by atoms with van der Waals surface area (Å²) in [5.41, 5.74) is 3.54. The van der Waals surface area contributed by atoms with Crippen molar-refractivity contribution in [2.75, 3.05) is 13.2 Å². The molecule has 1 N–H and O–H groups in total. The Morgan fingerprint density at radius 2 is 1.92 bits per heavy atom. The highest BCUT2D eigenvalue weighted by molar-refractivity contribution is 7.89. The molecule has 6 rings (SSSR count). The smallest absolute Gasteiger partial charge is 0.243 e. The molecule has 1 atom stereocenters. The second kappa shape index (κ2) is 9.20. The Bertz CT molecular complexity index is 1580. The van der Waals surface area contributed by atoms with E-state index in [-0.39, 0.29) is 31.2 Å². The van der Waals surface area contributed by atoms with Crippen molar-refractivity contribution >= 4 is 26.8 Å². The van der Waals surface area contributed by atoms with Gasteiger partial charge in [0.15, 0.2) is 0 Å². The molecule has 0 unspecified atom stereocenters. The highest BCUT2D eigenvalue weighted by Crippen LogP contribution is 2.50. The van der Waals surface area contributed by atoms with Gasteiger partial charge in [0.1, 0.15) is 11.4 Å². The summed E-state index contributed by atoms with van der Waals surface area (Å²) in [7, 11) is -3.67. The molecule has 2 aromatic heterocycles. The van der Waals surface area contributed by atoms with Crippen LogP contribution in [0, 0.1) is 0 Å². The fraction of sp³-hybridized carbons (Fsp3) is 0.310. The number of sulfonamides is 1. The third-order valence-corrected chi connectivity index (χ3v) is 9.69. The van der Waals surface area contributed by atoms with Crippen LogP contribution >= 0.6 is 0 Å². The molecule has 1 aliphatic carbocycles. The maximum absolute atomic E-state index is 13.4. The standard InChI is InChI=1S/C29H28N2O5S.H2/c32-19-24-4-2-15-31(24)37(34,35)25-9-6-20(7-10-25)26-5-1-3-23(30-26)18-28(33)29(13-14-29)22-8-11-27-21(17-22)12-16-36-27;/h1,3,5-12,16-17,24,32H,2,4,13-15,18-19H2;1H/t24-;/m1./s1. The van der Waals surface area contributed by atoms with Crippen molar-refractivity contribution in [2.45, 2.75) is 48.5 Å². The molecule has 37 heavy (non-hydrogen) atoms. The first-order valence-electron chi connectivity index (χ1n) is 12.6. The lowest BCUT2D eigenvalue weighted by Gasteiger charge is -2.22. The van der Waals surface area contributed by atoms with Crippen LogP contribution in [0.5, 0.6) is 0 Å². The lowest BCUT2D eigenvalue weighted by molar-refractivity contribution is -0.120. The number of aliphatic hydroxyl groups is 1. The predicted octanol–water partition coefficient (Wildman–Crippen LogP) is 4.73. The van der Waals surface area contributed by atoms with Crippen LogP contribution in [0.25, 0.3) is 22.2 Å². The van der Waals surface area contributed by atoms with Gasteiger partial charge in [-0.05, 0) is 73.7 Å². The summed E-state index contributed by atoms with van der Waals surface area (Å²) in [4.78, 5) is 18.3. The van der Waals surface area contributed by atoms with E-state index < -0.39 is 15.4 Å². The Hall–Kier alpha value is -3.33. The minimum atomic E-state index is -3.67. The van der Waals surface area contributed by atoms with E-state index in [1.165, 1.54) is 4.31 Å². The summed E-state index contributed by atoms with van der Waals surface area (Å²) in [5.74, 6) is 0.158. The third-order valence-electron chi connectivity index (χ3n) is 7.73. The van der Waals surface area contributed by atoms with Gasteiger partial charge in [-0.1, -0.05) is 24.3 Å². The molecule has 8 heteroatoms. The maximum Gasteiger partial charge on any atom is 0.243 e. The Morgan fingerprint density at radius 1 is 1.11 bits per heavy atom. The Morgan fingerprint density at radius 3 is 2.68 bits per heavy atom. The molecule has 2 aliphatic rings. The fourth-order valence-electron chi connectivity index (χ4n) is 5.43. The molecule has 7 nitrogen and oxygen atoms in total. The molecule has 1 saturated carbocycles. The monoisotopic (exact) mass is 518 g/mol. The van der Waals surface area contributed by atoms with Crippen molar-refractivity contribution in [1.29, 1.82) is 0 Å². The quantitative estimate of drug-likeness (QED) is 0.362. The Labute approximate surface area is 217 Å². The molecule has 1 saturated heterocycles. The molecule has 0 radical (unpaired) electrons. The number of pyridine rings is 1. The van der Waals surface area contributed by atoms with Gasteiger partial charge in [0.05, 0.1) is 28.9 Å². The highest BCUT2D eigenvalue weighted by Gasteiger charge is 2.50. The van der Waals surface area contributed by atoms with Crippen molar-refractivity contribution in [3.8, 4) is 11.3 Å². The van der Waals surface area contributed by atoms with Crippen molar-refractivity contribution in [3.05, 3.63) is 84.3 Å². The number of ketones is 1. The number of hydrogen-bond acceptors (Lipinski definition) is 6. The molecule has 0 bridgehead atoms. The zero-order valence-corrected chi connectivity index (χ0v) is 21.2. The minimum absolute atomic E-state index is 0. The van der Waals surface area contributed by atoms with Crippen LogP contribution in [0.3, 0.4) is 0 Å². The molecule has 3 heterocycles. The summed E-state index contributed by atoms with van der Waals surface area (Å²) >= 11 is 0. The average molecular weight is 519 g/mol. The van der Waals surface area contributed by atoms with Crippen LogP contribution < -0.4 is 0 Å². The number of Topliss-reactive ketones (excluding diaryl/α,β-unsaturated/α-hetero) is 1. The van der Waals surface area contributed by atoms with E-state index in [0.29, 0.717) is 24.4 Å². The number of benzene rings is 2. The van der Waals surface area contributed by atoms with Crippen molar-refractivity contribution in [2.24, 2.45) is 0 Å². The van der Waals surface area contributed by atoms with Gasteiger partial charge in [0.25, 0.3) is 0 Å². The first-order valence-corrected chi connectivity index (χ1v) is 14.0. The lowest BCUT2D eigenvalue weighted by atomic mass is 9.88. The first kappa shape index (κ1) is 24.0. The largest absolute Gasteiger partial charge is 0.464 e. The van der Waals surface area contributed by atoms with E-state index in [0.717, 1.165) is 41.4 Å². The summed E-state index contributed by atoms with van der Waals surface area (Å²) in [6, 6.07) is 19.8. The SMILES string of the molecule is O=C(Cc1cccc(-c2ccc(S(=O)(=O)N3CCC[C@@H]3CO)cc2)n1)C1(c2ccc3occc3c2)CC1.[HH]. The van der Waals surface area contributed by atoms with Gasteiger partial charge in [-0.25, -0.2) is 8.42 Å². The van der Waals surface area contributed by atoms with Crippen molar-refractivity contribution < 1.29 is 24.2 Å². The number of fused-ring (bicyclic) bond motifs is 1. The second-order valence-electron chi connectivity index (χ2n) is 9.99. The second-order valence-corrected chi connectivity index (χ2v) is 11.9. The topological polar surface area (TPSA) is 101 Å². The molecule has 192 valence electrons. The fourth-order valence-corrected chi connectivity index (χ4v) is 7.12. The number of hydrogen-bond donors (Lipinski definition) is 1. The van der Waals surface area contributed by atoms with Gasteiger partial charge in [-0.2, -0.15) is 4.31 Å². The maximum atomic E-state index is 13.4. The number of aliphatic hydroxyl groups excluding tert-OH is 1. The Kier molecular flexibility index (Phi) is 5.98. The molecule has 2 aromatic carbocycles. The average Bonchev–Trinajstić information content (AvgIpc) is 3.35. The van der Waals surface area contributed by atoms with Crippen LogP contribution in [0.1, 0.15) is 38.4 Å². The normalized spacial score (nSPS) is 19.3. The molecule has 0 amide bonds. The zero-order chi connectivity index (χ0) is 25.6. The van der Waals surface area contributed by atoms with Crippen LogP contribution in [0.2, 0.25) is 0 Å². The molecule has 1 aliphatic heterocycles. The summed E-state index contributed by atoms with van der Waals surface area (Å²) < 4.78 is 32.9. The van der Waals surface area contributed by atoms with Crippen LogP contribution in [0.15, 0.2) is 82.3 Å². The number of nitrogens with zero attached hydrogens (tertiary/aromatic N) is 2. The van der Waals surface area contributed by atoms with E-state index in [1.807, 2.05) is 42.5 Å².